The number of nitrogens with one attached hydrogen (secondary N) is 1. The molecule has 0 saturated heterocycles. The van der Waals surface area contributed by atoms with Crippen LogP contribution in [0.15, 0.2) is 88.3 Å². The van der Waals surface area contributed by atoms with Gasteiger partial charge in [-0.2, -0.15) is 0 Å². The van der Waals surface area contributed by atoms with Gasteiger partial charge < -0.3 is 9.73 Å². The van der Waals surface area contributed by atoms with E-state index in [1.54, 1.807) is 42.6 Å². The quantitative estimate of drug-likeness (QED) is 0.444. The fraction of sp³-hybridized carbons (Fsp3) is 0.120. The second-order valence-electron chi connectivity index (χ2n) is 7.71. The third-order valence-corrected chi connectivity index (χ3v) is 6.93. The minimum Gasteiger partial charge on any atom is -0.436 e. The molecule has 0 bridgehead atoms. The number of nitrogens with zero attached hydrogens (tertiary/aromatic N) is 2. The number of carbonyl (C=O) groups is 1. The molecule has 4 aromatic rings. The smallest absolute Gasteiger partial charge is 0.256 e. The van der Waals surface area contributed by atoms with Crippen LogP contribution in [0.1, 0.15) is 15.9 Å². The number of carbonyl (C=O) groups excluding carboxylic acids is 1. The van der Waals surface area contributed by atoms with Crippen LogP contribution in [0.4, 0.5) is 5.69 Å². The van der Waals surface area contributed by atoms with Gasteiger partial charge in [-0.3, -0.25) is 4.79 Å². The van der Waals surface area contributed by atoms with Crippen LogP contribution in [-0.2, 0) is 10.0 Å². The molecule has 8 heteroatoms. The van der Waals surface area contributed by atoms with Crippen LogP contribution in [0.25, 0.3) is 22.8 Å². The molecule has 4 rings (SSSR count). The van der Waals surface area contributed by atoms with E-state index in [-0.39, 0.29) is 4.90 Å². The lowest BCUT2D eigenvalue weighted by atomic mass is 10.1. The summed E-state index contributed by atoms with van der Waals surface area (Å²) in [5.41, 5.74) is 3.29. The first-order chi connectivity index (χ1) is 15.8. The molecule has 1 N–H and O–H groups in total. The number of hydrogen-bond donors (Lipinski definition) is 1. The van der Waals surface area contributed by atoms with Crippen molar-refractivity contribution in [1.29, 1.82) is 0 Å². The lowest BCUT2D eigenvalue weighted by Gasteiger charge is -2.13. The molecule has 0 saturated carbocycles. The van der Waals surface area contributed by atoms with E-state index in [9.17, 15) is 13.2 Å². The largest absolute Gasteiger partial charge is 0.436 e. The predicted molar refractivity (Wildman–Crippen MR) is 127 cm³/mol. The van der Waals surface area contributed by atoms with Crippen molar-refractivity contribution >= 4 is 21.6 Å². The average molecular weight is 462 g/mol. The first-order valence-electron chi connectivity index (χ1n) is 10.2. The third-order valence-electron chi connectivity index (χ3n) is 5.11. The fourth-order valence-corrected chi connectivity index (χ4v) is 4.21. The molecule has 3 aromatic carbocycles. The maximum atomic E-state index is 13.1. The fourth-order valence-electron chi connectivity index (χ4n) is 3.26. The molecule has 33 heavy (non-hydrogen) atoms. The molecule has 7 nitrogen and oxygen atoms in total. The summed E-state index contributed by atoms with van der Waals surface area (Å²) in [6.07, 6.45) is 1.63. The first-order valence-corrected chi connectivity index (χ1v) is 11.7. The molecule has 0 unspecified atom stereocenters. The molecule has 168 valence electrons. The van der Waals surface area contributed by atoms with E-state index >= 15 is 0 Å². The van der Waals surface area contributed by atoms with Crippen molar-refractivity contribution in [3.8, 4) is 22.8 Å². The summed E-state index contributed by atoms with van der Waals surface area (Å²) in [6, 6.07) is 21.0. The number of hydrogen-bond acceptors (Lipinski definition) is 5. The molecule has 0 aliphatic rings. The maximum Gasteiger partial charge on any atom is 0.256 e. The zero-order chi connectivity index (χ0) is 23.6. The van der Waals surface area contributed by atoms with Gasteiger partial charge in [0.25, 0.3) is 5.91 Å². The van der Waals surface area contributed by atoms with E-state index in [2.05, 4.69) is 10.3 Å². The van der Waals surface area contributed by atoms with Crippen molar-refractivity contribution in [2.45, 2.75) is 11.8 Å². The molecule has 0 fully saturated rings. The zero-order valence-corrected chi connectivity index (χ0v) is 19.3. The molecule has 0 spiro atoms. The number of aromatic nitrogens is 1. The number of anilines is 1. The Hall–Kier alpha value is -3.75. The van der Waals surface area contributed by atoms with Crippen molar-refractivity contribution in [2.24, 2.45) is 0 Å². The third kappa shape index (κ3) is 4.72. The number of rotatable bonds is 6. The van der Waals surface area contributed by atoms with Gasteiger partial charge in [0.1, 0.15) is 0 Å². The summed E-state index contributed by atoms with van der Waals surface area (Å²) in [4.78, 5) is 17.5. The van der Waals surface area contributed by atoms with Crippen LogP contribution in [0.3, 0.4) is 0 Å². The Balaban J connectivity index is 1.62. The summed E-state index contributed by atoms with van der Waals surface area (Å²) < 4.78 is 31.9. The second-order valence-corrected chi connectivity index (χ2v) is 9.86. The Morgan fingerprint density at radius 3 is 2.42 bits per heavy atom. The van der Waals surface area contributed by atoms with Gasteiger partial charge in [0.15, 0.2) is 5.76 Å². The molecule has 1 aromatic heterocycles. The molecule has 1 heterocycles. The number of aryl methyl sites for hydroxylation is 1. The van der Waals surface area contributed by atoms with Crippen molar-refractivity contribution in [1.82, 2.24) is 9.29 Å². The normalized spacial score (nSPS) is 11.5. The highest BCUT2D eigenvalue weighted by Gasteiger charge is 2.20. The molecular formula is C25H23N3O4S. The number of amides is 1. The predicted octanol–water partition coefficient (Wildman–Crippen LogP) is 4.82. The topological polar surface area (TPSA) is 92.5 Å². The number of oxazole rings is 1. The van der Waals surface area contributed by atoms with Gasteiger partial charge in [-0.1, -0.05) is 48.0 Å². The van der Waals surface area contributed by atoms with Gasteiger partial charge in [0, 0.05) is 30.9 Å². The standard InChI is InChI=1S/C25H23N3O4S/c1-17-11-13-18(14-12-17)23-16-26-25(32-23)22-10-5-4-9-21(22)24(29)27-19-7-6-8-20(15-19)33(30,31)28(2)3/h4-16H,1-3H3,(H,27,29). The Kier molecular flexibility index (Phi) is 6.13. The van der Waals surface area contributed by atoms with Gasteiger partial charge in [-0.25, -0.2) is 17.7 Å². The van der Waals surface area contributed by atoms with E-state index in [0.717, 1.165) is 15.4 Å². The molecule has 0 aliphatic carbocycles. The Morgan fingerprint density at radius 2 is 1.70 bits per heavy atom. The zero-order valence-electron chi connectivity index (χ0n) is 18.4. The molecule has 0 atom stereocenters. The van der Waals surface area contributed by atoms with E-state index in [1.807, 2.05) is 31.2 Å². The van der Waals surface area contributed by atoms with Crippen molar-refractivity contribution in [3.63, 3.8) is 0 Å². The van der Waals surface area contributed by atoms with E-state index in [1.165, 1.54) is 26.2 Å². The van der Waals surface area contributed by atoms with Crippen LogP contribution >= 0.6 is 0 Å². The molecule has 0 aliphatic heterocycles. The molecule has 0 radical (unpaired) electrons. The van der Waals surface area contributed by atoms with Crippen molar-refractivity contribution in [3.05, 3.63) is 90.1 Å². The first kappa shape index (κ1) is 22.4. The van der Waals surface area contributed by atoms with E-state index in [0.29, 0.717) is 28.5 Å². The Labute approximate surface area is 192 Å². The van der Waals surface area contributed by atoms with Crippen LogP contribution in [0, 0.1) is 6.92 Å². The highest BCUT2D eigenvalue weighted by Crippen LogP contribution is 2.29. The molecule has 1 amide bonds. The lowest BCUT2D eigenvalue weighted by Crippen LogP contribution is -2.22. The SMILES string of the molecule is Cc1ccc(-c2cnc(-c3ccccc3C(=O)Nc3cccc(S(=O)(=O)N(C)C)c3)o2)cc1. The van der Waals surface area contributed by atoms with Crippen molar-refractivity contribution in [2.75, 3.05) is 19.4 Å². The van der Waals surface area contributed by atoms with Gasteiger partial charge in [-0.05, 0) is 37.3 Å². The van der Waals surface area contributed by atoms with Gasteiger partial charge in [0.05, 0.1) is 16.7 Å². The number of benzene rings is 3. The minimum atomic E-state index is -3.62. The van der Waals surface area contributed by atoms with Gasteiger partial charge in [0.2, 0.25) is 15.9 Å². The molecular weight excluding hydrogens is 438 g/mol. The van der Waals surface area contributed by atoms with Crippen molar-refractivity contribution < 1.29 is 17.6 Å². The highest BCUT2D eigenvalue weighted by molar-refractivity contribution is 7.89. The average Bonchev–Trinajstić information content (AvgIpc) is 3.30. The maximum absolute atomic E-state index is 13.1. The van der Waals surface area contributed by atoms with E-state index in [4.69, 9.17) is 4.42 Å². The second kappa shape index (κ2) is 9.01. The Bertz CT molecular complexity index is 1410. The van der Waals surface area contributed by atoms with Crippen LogP contribution < -0.4 is 5.32 Å². The highest BCUT2D eigenvalue weighted by atomic mass is 32.2. The van der Waals surface area contributed by atoms with Crippen LogP contribution in [0.2, 0.25) is 0 Å². The van der Waals surface area contributed by atoms with Gasteiger partial charge in [-0.15, -0.1) is 0 Å². The minimum absolute atomic E-state index is 0.0917. The monoisotopic (exact) mass is 461 g/mol. The summed E-state index contributed by atoms with van der Waals surface area (Å²) in [5, 5.41) is 2.77. The Morgan fingerprint density at radius 1 is 0.970 bits per heavy atom. The summed E-state index contributed by atoms with van der Waals surface area (Å²) in [7, 11) is -0.707. The van der Waals surface area contributed by atoms with Crippen LogP contribution in [0.5, 0.6) is 0 Å². The summed E-state index contributed by atoms with van der Waals surface area (Å²) >= 11 is 0. The van der Waals surface area contributed by atoms with Gasteiger partial charge >= 0.3 is 0 Å². The van der Waals surface area contributed by atoms with Crippen LogP contribution in [-0.4, -0.2) is 37.7 Å². The summed E-state index contributed by atoms with van der Waals surface area (Å²) in [5.74, 6) is 0.516. The van der Waals surface area contributed by atoms with E-state index < -0.39 is 15.9 Å². The lowest BCUT2D eigenvalue weighted by molar-refractivity contribution is 0.102. The number of sulfonamides is 1. The summed E-state index contributed by atoms with van der Waals surface area (Å²) in [6.45, 7) is 2.01.